The molecule has 2 rings (SSSR count). The highest BCUT2D eigenvalue weighted by Crippen LogP contribution is 2.19. The molecule has 0 aliphatic carbocycles. The van der Waals surface area contributed by atoms with E-state index in [1.54, 1.807) is 0 Å². The molecule has 106 valence electrons. The molecule has 1 amide bonds. The van der Waals surface area contributed by atoms with Crippen LogP contribution in [0.5, 0.6) is 0 Å². The van der Waals surface area contributed by atoms with Crippen LogP contribution in [0.15, 0.2) is 28.7 Å². The van der Waals surface area contributed by atoms with E-state index in [4.69, 9.17) is 0 Å². The fourth-order valence-electron chi connectivity index (χ4n) is 2.43. The molecular formula is C14H20BrClN2O. The minimum Gasteiger partial charge on any atom is -0.339 e. The van der Waals surface area contributed by atoms with Crippen molar-refractivity contribution in [1.29, 1.82) is 0 Å². The molecule has 1 saturated heterocycles. The lowest BCUT2D eigenvalue weighted by Gasteiger charge is -2.32. The normalized spacial score (nSPS) is 16.0. The van der Waals surface area contributed by atoms with E-state index in [-0.39, 0.29) is 18.3 Å². The van der Waals surface area contributed by atoms with Gasteiger partial charge in [-0.15, -0.1) is 12.4 Å². The summed E-state index contributed by atoms with van der Waals surface area (Å²) in [6, 6.07) is 7.62. The van der Waals surface area contributed by atoms with Crippen molar-refractivity contribution in [2.24, 2.45) is 5.92 Å². The van der Waals surface area contributed by atoms with Gasteiger partial charge in [-0.05, 0) is 50.6 Å². The van der Waals surface area contributed by atoms with Crippen LogP contribution in [0.2, 0.25) is 0 Å². The summed E-state index contributed by atoms with van der Waals surface area (Å²) in [5, 5.41) is 3.21. The third-order valence-electron chi connectivity index (χ3n) is 3.47. The monoisotopic (exact) mass is 346 g/mol. The minimum atomic E-state index is 0. The van der Waals surface area contributed by atoms with Crippen LogP contribution in [0, 0.1) is 5.92 Å². The highest BCUT2D eigenvalue weighted by molar-refractivity contribution is 9.10. The van der Waals surface area contributed by atoms with E-state index in [0.717, 1.165) is 42.5 Å². The van der Waals surface area contributed by atoms with E-state index in [9.17, 15) is 4.79 Å². The second-order valence-electron chi connectivity index (χ2n) is 4.80. The van der Waals surface area contributed by atoms with Gasteiger partial charge in [0.15, 0.2) is 0 Å². The van der Waals surface area contributed by atoms with Crippen molar-refractivity contribution in [3.05, 3.63) is 34.3 Å². The molecule has 0 saturated carbocycles. The van der Waals surface area contributed by atoms with Crippen LogP contribution in [0.3, 0.4) is 0 Å². The summed E-state index contributed by atoms with van der Waals surface area (Å²) in [4.78, 5) is 14.3. The number of hydrogen-bond donors (Lipinski definition) is 1. The number of likely N-dealkylation sites (tertiary alicyclic amines) is 1. The third kappa shape index (κ3) is 4.48. The van der Waals surface area contributed by atoms with Gasteiger partial charge < -0.3 is 10.2 Å². The maximum absolute atomic E-state index is 12.3. The predicted molar refractivity (Wildman–Crippen MR) is 83.9 cm³/mol. The van der Waals surface area contributed by atoms with Crippen molar-refractivity contribution in [3.8, 4) is 0 Å². The first-order valence-electron chi connectivity index (χ1n) is 6.40. The first kappa shape index (κ1) is 16.5. The Morgan fingerprint density at radius 3 is 2.68 bits per heavy atom. The van der Waals surface area contributed by atoms with E-state index in [2.05, 4.69) is 21.2 Å². The smallest absolute Gasteiger partial charge is 0.253 e. The summed E-state index contributed by atoms with van der Waals surface area (Å²) in [5.41, 5.74) is 0.774. The lowest BCUT2D eigenvalue weighted by Crippen LogP contribution is -2.40. The van der Waals surface area contributed by atoms with Gasteiger partial charge in [0.1, 0.15) is 0 Å². The Morgan fingerprint density at radius 1 is 1.42 bits per heavy atom. The Bertz CT molecular complexity index is 420. The van der Waals surface area contributed by atoms with Gasteiger partial charge in [-0.3, -0.25) is 4.79 Å². The summed E-state index contributed by atoms with van der Waals surface area (Å²) in [5.74, 6) is 0.862. The third-order valence-corrected chi connectivity index (χ3v) is 3.96. The van der Waals surface area contributed by atoms with Crippen LogP contribution in [0.4, 0.5) is 0 Å². The van der Waals surface area contributed by atoms with Gasteiger partial charge >= 0.3 is 0 Å². The van der Waals surface area contributed by atoms with Gasteiger partial charge in [0.25, 0.3) is 5.91 Å². The van der Waals surface area contributed by atoms with Gasteiger partial charge in [0, 0.05) is 23.1 Å². The molecule has 0 bridgehead atoms. The quantitative estimate of drug-likeness (QED) is 0.912. The number of hydrogen-bond acceptors (Lipinski definition) is 2. The van der Waals surface area contributed by atoms with Gasteiger partial charge in [-0.1, -0.05) is 22.0 Å². The first-order chi connectivity index (χ1) is 8.70. The molecule has 1 aliphatic heterocycles. The molecule has 0 unspecified atom stereocenters. The zero-order chi connectivity index (χ0) is 13.0. The van der Waals surface area contributed by atoms with Crippen molar-refractivity contribution >= 4 is 34.2 Å². The average molecular weight is 348 g/mol. The van der Waals surface area contributed by atoms with Crippen molar-refractivity contribution < 1.29 is 4.79 Å². The Kier molecular flexibility index (Phi) is 6.83. The number of nitrogens with zero attached hydrogens (tertiary/aromatic N) is 1. The Hall–Kier alpha value is -0.580. The van der Waals surface area contributed by atoms with Crippen molar-refractivity contribution in [2.75, 3.05) is 26.7 Å². The van der Waals surface area contributed by atoms with Crippen molar-refractivity contribution in [1.82, 2.24) is 10.2 Å². The molecule has 1 heterocycles. The first-order valence-corrected chi connectivity index (χ1v) is 7.19. The van der Waals surface area contributed by atoms with Crippen molar-refractivity contribution in [2.45, 2.75) is 12.8 Å². The molecule has 19 heavy (non-hydrogen) atoms. The van der Waals surface area contributed by atoms with Crippen LogP contribution < -0.4 is 5.32 Å². The summed E-state index contributed by atoms with van der Waals surface area (Å²) in [6.07, 6.45) is 2.20. The lowest BCUT2D eigenvalue weighted by atomic mass is 9.96. The standard InChI is InChI=1S/C14H19BrN2O.ClH/c1-16-10-11-5-7-17(8-6-11)14(18)12-3-2-4-13(15)9-12;/h2-4,9,11,16H,5-8,10H2,1H3;1H. The number of piperidine rings is 1. The molecular weight excluding hydrogens is 328 g/mol. The average Bonchev–Trinajstić information content (AvgIpc) is 2.39. The van der Waals surface area contributed by atoms with Crippen LogP contribution in [-0.2, 0) is 0 Å². The van der Waals surface area contributed by atoms with Crippen LogP contribution >= 0.6 is 28.3 Å². The molecule has 1 aromatic carbocycles. The zero-order valence-electron chi connectivity index (χ0n) is 11.1. The molecule has 0 aromatic heterocycles. The van der Waals surface area contributed by atoms with E-state index < -0.39 is 0 Å². The highest BCUT2D eigenvalue weighted by atomic mass is 79.9. The fraction of sp³-hybridized carbons (Fsp3) is 0.500. The second-order valence-corrected chi connectivity index (χ2v) is 5.72. The number of amides is 1. The maximum atomic E-state index is 12.3. The molecule has 5 heteroatoms. The maximum Gasteiger partial charge on any atom is 0.253 e. The summed E-state index contributed by atoms with van der Waals surface area (Å²) in [7, 11) is 1.99. The second kappa shape index (κ2) is 7.88. The van der Waals surface area contributed by atoms with Gasteiger partial charge in [-0.25, -0.2) is 0 Å². The molecule has 1 aromatic rings. The Balaban J connectivity index is 0.00000180. The van der Waals surface area contributed by atoms with Gasteiger partial charge in [0.05, 0.1) is 0 Å². The van der Waals surface area contributed by atoms with Gasteiger partial charge in [0.2, 0.25) is 0 Å². The molecule has 0 spiro atoms. The highest BCUT2D eigenvalue weighted by Gasteiger charge is 2.23. The van der Waals surface area contributed by atoms with Crippen LogP contribution in [0.25, 0.3) is 0 Å². The van der Waals surface area contributed by atoms with Gasteiger partial charge in [-0.2, -0.15) is 0 Å². The zero-order valence-corrected chi connectivity index (χ0v) is 13.5. The Morgan fingerprint density at radius 2 is 2.11 bits per heavy atom. The number of carbonyl (C=O) groups excluding carboxylic acids is 1. The fourth-order valence-corrected chi connectivity index (χ4v) is 2.83. The molecule has 0 radical (unpaired) electrons. The number of nitrogens with one attached hydrogen (secondary N) is 1. The Labute approximate surface area is 129 Å². The van der Waals surface area contributed by atoms with E-state index >= 15 is 0 Å². The van der Waals surface area contributed by atoms with Crippen LogP contribution in [0.1, 0.15) is 23.2 Å². The van der Waals surface area contributed by atoms with E-state index in [0.29, 0.717) is 5.92 Å². The lowest BCUT2D eigenvalue weighted by molar-refractivity contribution is 0.0691. The molecule has 1 fully saturated rings. The summed E-state index contributed by atoms with van der Waals surface area (Å²) < 4.78 is 0.957. The largest absolute Gasteiger partial charge is 0.339 e. The van der Waals surface area contributed by atoms with E-state index in [1.807, 2.05) is 36.2 Å². The number of benzene rings is 1. The summed E-state index contributed by atoms with van der Waals surface area (Å²) in [6.45, 7) is 2.80. The molecule has 1 aliphatic rings. The van der Waals surface area contributed by atoms with E-state index in [1.165, 1.54) is 0 Å². The SMILES string of the molecule is CNCC1CCN(C(=O)c2cccc(Br)c2)CC1.Cl. The van der Waals surface area contributed by atoms with Crippen molar-refractivity contribution in [3.63, 3.8) is 0 Å². The summed E-state index contributed by atoms with van der Waals surface area (Å²) >= 11 is 3.41. The molecule has 0 atom stereocenters. The van der Waals surface area contributed by atoms with Crippen LogP contribution in [-0.4, -0.2) is 37.5 Å². The topological polar surface area (TPSA) is 32.3 Å². The number of carbonyl (C=O) groups is 1. The molecule has 1 N–H and O–H groups in total. The predicted octanol–water partition coefficient (Wildman–Crippen LogP) is 2.94. The minimum absolute atomic E-state index is 0. The molecule has 3 nitrogen and oxygen atoms in total. The number of halogens is 2. The number of rotatable bonds is 3.